The number of ether oxygens (including phenoxy) is 2. The van der Waals surface area contributed by atoms with Crippen LogP contribution in [0.1, 0.15) is 5.56 Å². The van der Waals surface area contributed by atoms with E-state index in [0.717, 1.165) is 11.1 Å². The maximum absolute atomic E-state index is 12.3. The molecule has 9 heteroatoms. The van der Waals surface area contributed by atoms with Crippen LogP contribution >= 0.6 is 23.2 Å². The van der Waals surface area contributed by atoms with E-state index in [4.69, 9.17) is 37.8 Å². The Bertz CT molecular complexity index is 1100. The molecular formula is C23H20Cl2N2O5. The van der Waals surface area contributed by atoms with Crippen LogP contribution in [0.3, 0.4) is 0 Å². The molecule has 0 bridgehead atoms. The van der Waals surface area contributed by atoms with E-state index in [1.807, 2.05) is 24.3 Å². The van der Waals surface area contributed by atoms with Crippen molar-refractivity contribution in [1.82, 2.24) is 5.32 Å². The first-order valence-corrected chi connectivity index (χ1v) is 10.2. The van der Waals surface area contributed by atoms with Crippen molar-refractivity contribution in [1.29, 1.82) is 0 Å². The Kier molecular flexibility index (Phi) is 7.81. The zero-order valence-corrected chi connectivity index (χ0v) is 18.5. The van der Waals surface area contributed by atoms with Crippen molar-refractivity contribution < 1.29 is 24.2 Å². The minimum Gasteiger partial charge on any atom is -0.496 e. The van der Waals surface area contributed by atoms with Crippen molar-refractivity contribution in [3.8, 4) is 22.6 Å². The van der Waals surface area contributed by atoms with Gasteiger partial charge in [0.2, 0.25) is 0 Å². The van der Waals surface area contributed by atoms with Gasteiger partial charge in [-0.3, -0.25) is 0 Å². The van der Waals surface area contributed by atoms with Gasteiger partial charge in [0, 0.05) is 23.4 Å². The fraction of sp³-hybridized carbons (Fsp3) is 0.130. The lowest BCUT2D eigenvalue weighted by atomic mass is 10.0. The first kappa shape index (κ1) is 23.2. The molecule has 0 unspecified atom stereocenters. The summed E-state index contributed by atoms with van der Waals surface area (Å²) in [6, 6.07) is 16.9. The van der Waals surface area contributed by atoms with E-state index in [0.29, 0.717) is 32.8 Å². The van der Waals surface area contributed by atoms with Crippen molar-refractivity contribution in [2.45, 2.75) is 6.54 Å². The highest BCUT2D eigenvalue weighted by molar-refractivity contribution is 6.40. The van der Waals surface area contributed by atoms with Crippen molar-refractivity contribution in [3.05, 3.63) is 76.3 Å². The quantitative estimate of drug-likeness (QED) is 0.403. The second-order valence-corrected chi connectivity index (χ2v) is 7.46. The molecule has 32 heavy (non-hydrogen) atoms. The summed E-state index contributed by atoms with van der Waals surface area (Å²) in [5, 5.41) is 14.8. The number of nitrogens with one attached hydrogen (secondary N) is 2. The molecule has 2 amide bonds. The second kappa shape index (κ2) is 10.7. The van der Waals surface area contributed by atoms with Crippen LogP contribution in [0.4, 0.5) is 10.5 Å². The van der Waals surface area contributed by atoms with Crippen LogP contribution in [0.5, 0.6) is 11.5 Å². The molecule has 3 aromatic carbocycles. The third-order valence-corrected chi connectivity index (χ3v) is 5.01. The molecule has 3 N–H and O–H groups in total. The Balaban J connectivity index is 1.62. The van der Waals surface area contributed by atoms with Gasteiger partial charge in [0.05, 0.1) is 17.2 Å². The number of methoxy groups -OCH3 is 1. The third-order valence-electron chi connectivity index (χ3n) is 4.42. The number of para-hydroxylation sites is 1. The van der Waals surface area contributed by atoms with E-state index in [-0.39, 0.29) is 6.54 Å². The number of anilines is 1. The van der Waals surface area contributed by atoms with Crippen molar-refractivity contribution in [3.63, 3.8) is 0 Å². The van der Waals surface area contributed by atoms with Gasteiger partial charge in [-0.1, -0.05) is 53.5 Å². The molecule has 166 valence electrons. The number of benzene rings is 3. The molecule has 0 aromatic heterocycles. The number of carbonyl (C=O) groups excluding carboxylic acids is 1. The van der Waals surface area contributed by atoms with Gasteiger partial charge in [0.15, 0.2) is 6.61 Å². The van der Waals surface area contributed by atoms with Gasteiger partial charge < -0.3 is 25.2 Å². The molecule has 0 atom stereocenters. The maximum Gasteiger partial charge on any atom is 0.341 e. The Hall–Kier alpha value is -3.42. The van der Waals surface area contributed by atoms with Gasteiger partial charge in [0.1, 0.15) is 11.5 Å². The zero-order chi connectivity index (χ0) is 23.1. The van der Waals surface area contributed by atoms with E-state index in [1.165, 1.54) is 0 Å². The van der Waals surface area contributed by atoms with Crippen molar-refractivity contribution >= 4 is 40.9 Å². The molecule has 0 aliphatic carbocycles. The summed E-state index contributed by atoms with van der Waals surface area (Å²) >= 11 is 12.9. The number of carboxylic acid groups (broad SMARTS) is 1. The monoisotopic (exact) mass is 474 g/mol. The van der Waals surface area contributed by atoms with Gasteiger partial charge in [0.25, 0.3) is 0 Å². The lowest BCUT2D eigenvalue weighted by molar-refractivity contribution is -0.139. The SMILES string of the molecule is COc1ccccc1-c1c(Cl)cc(NC(=O)NCc2ccc(OCC(=O)O)cc2)cc1Cl. The topological polar surface area (TPSA) is 96.9 Å². The Morgan fingerprint density at radius 2 is 1.66 bits per heavy atom. The number of amides is 2. The summed E-state index contributed by atoms with van der Waals surface area (Å²) in [4.78, 5) is 22.8. The summed E-state index contributed by atoms with van der Waals surface area (Å²) in [5.74, 6) is 0.0118. The lowest BCUT2D eigenvalue weighted by Gasteiger charge is -2.14. The highest BCUT2D eigenvalue weighted by Gasteiger charge is 2.15. The second-order valence-electron chi connectivity index (χ2n) is 6.65. The van der Waals surface area contributed by atoms with Crippen LogP contribution in [-0.2, 0) is 11.3 Å². The predicted octanol–water partition coefficient (Wildman–Crippen LogP) is 5.45. The third kappa shape index (κ3) is 6.06. The summed E-state index contributed by atoms with van der Waals surface area (Å²) in [6.07, 6.45) is 0. The molecule has 3 aromatic rings. The van der Waals surface area contributed by atoms with Gasteiger partial charge >= 0.3 is 12.0 Å². The molecular weight excluding hydrogens is 455 g/mol. The fourth-order valence-corrected chi connectivity index (χ4v) is 3.65. The van der Waals surface area contributed by atoms with Gasteiger partial charge in [-0.2, -0.15) is 0 Å². The predicted molar refractivity (Wildman–Crippen MR) is 124 cm³/mol. The first-order valence-electron chi connectivity index (χ1n) is 9.48. The Labute approximate surface area is 194 Å². The molecule has 0 saturated carbocycles. The number of aliphatic carboxylic acids is 1. The van der Waals surface area contributed by atoms with E-state index < -0.39 is 18.6 Å². The summed E-state index contributed by atoms with van der Waals surface area (Å²) < 4.78 is 10.5. The summed E-state index contributed by atoms with van der Waals surface area (Å²) in [6.45, 7) is -0.160. The number of urea groups is 1. The molecule has 0 radical (unpaired) electrons. The van der Waals surface area contributed by atoms with Gasteiger partial charge in [-0.05, 0) is 35.9 Å². The van der Waals surface area contributed by atoms with Crippen LogP contribution < -0.4 is 20.1 Å². The largest absolute Gasteiger partial charge is 0.496 e. The minimum absolute atomic E-state index is 0.256. The van der Waals surface area contributed by atoms with Crippen LogP contribution in [0.25, 0.3) is 11.1 Å². The summed E-state index contributed by atoms with van der Waals surface area (Å²) in [5.41, 5.74) is 2.61. The number of carboxylic acids is 1. The van der Waals surface area contributed by atoms with Crippen LogP contribution in [0.15, 0.2) is 60.7 Å². The van der Waals surface area contributed by atoms with Crippen LogP contribution in [-0.4, -0.2) is 30.8 Å². The number of rotatable bonds is 8. The molecule has 0 aliphatic rings. The molecule has 0 fully saturated rings. The Morgan fingerprint density at radius 1 is 1.00 bits per heavy atom. The van der Waals surface area contributed by atoms with E-state index in [2.05, 4.69) is 10.6 Å². The van der Waals surface area contributed by atoms with Crippen LogP contribution in [0, 0.1) is 0 Å². The van der Waals surface area contributed by atoms with Gasteiger partial charge in [-0.15, -0.1) is 0 Å². The first-order chi connectivity index (χ1) is 15.4. The highest BCUT2D eigenvalue weighted by atomic mass is 35.5. The number of hydrogen-bond donors (Lipinski definition) is 3. The standard InChI is InChI=1S/C23H20Cl2N2O5/c1-31-20-5-3-2-4-17(20)22-18(24)10-15(11-19(22)25)27-23(30)26-12-14-6-8-16(9-7-14)32-13-21(28)29/h2-11H,12-13H2,1H3,(H,28,29)(H2,26,27,30). The van der Waals surface area contributed by atoms with E-state index in [9.17, 15) is 9.59 Å². The highest BCUT2D eigenvalue weighted by Crippen LogP contribution is 2.41. The fourth-order valence-electron chi connectivity index (χ4n) is 2.96. The van der Waals surface area contributed by atoms with E-state index >= 15 is 0 Å². The van der Waals surface area contributed by atoms with E-state index in [1.54, 1.807) is 43.5 Å². The molecule has 0 aliphatic heterocycles. The zero-order valence-electron chi connectivity index (χ0n) is 17.0. The maximum atomic E-state index is 12.3. The number of hydrogen-bond acceptors (Lipinski definition) is 4. The van der Waals surface area contributed by atoms with Gasteiger partial charge in [-0.25, -0.2) is 9.59 Å². The van der Waals surface area contributed by atoms with Crippen molar-refractivity contribution in [2.24, 2.45) is 0 Å². The molecule has 0 heterocycles. The molecule has 0 saturated heterocycles. The van der Waals surface area contributed by atoms with Crippen molar-refractivity contribution in [2.75, 3.05) is 19.0 Å². The minimum atomic E-state index is -1.05. The Morgan fingerprint density at radius 3 is 2.28 bits per heavy atom. The van der Waals surface area contributed by atoms with Crippen LogP contribution in [0.2, 0.25) is 10.0 Å². The average molecular weight is 475 g/mol. The summed E-state index contributed by atoms with van der Waals surface area (Å²) in [7, 11) is 1.57. The normalized spacial score (nSPS) is 10.3. The smallest absolute Gasteiger partial charge is 0.341 e. The molecule has 7 nitrogen and oxygen atoms in total. The lowest BCUT2D eigenvalue weighted by Crippen LogP contribution is -2.28. The molecule has 0 spiro atoms. The number of halogens is 2. The molecule has 3 rings (SSSR count). The number of carbonyl (C=O) groups is 2. The average Bonchev–Trinajstić information content (AvgIpc) is 2.77.